The van der Waals surface area contributed by atoms with Gasteiger partial charge in [-0.25, -0.2) is 8.42 Å². The first-order valence-electron chi connectivity index (χ1n) is 9.05. The standard InChI is InChI=1S/C18H25ClN4O3S3/c1-6-14(16(24)20-17-21-22-18(28-17)27-10-11(2)3)23(29(5,25)26)15-9-13(19)8-7-12(15)4/h7-9,11,14H,6,10H2,1-5H3,(H,20,21,24)/t14-/m0/s1. The van der Waals surface area contributed by atoms with Gasteiger partial charge >= 0.3 is 0 Å². The lowest BCUT2D eigenvalue weighted by Gasteiger charge is -2.31. The fourth-order valence-electron chi connectivity index (χ4n) is 2.60. The number of rotatable bonds is 9. The van der Waals surface area contributed by atoms with Gasteiger partial charge < -0.3 is 0 Å². The molecule has 1 N–H and O–H groups in total. The van der Waals surface area contributed by atoms with Crippen molar-refractivity contribution in [3.8, 4) is 0 Å². The summed E-state index contributed by atoms with van der Waals surface area (Å²) < 4.78 is 27.0. The molecule has 0 bridgehead atoms. The Labute approximate surface area is 185 Å². The molecule has 0 fully saturated rings. The van der Waals surface area contributed by atoms with Crippen LogP contribution in [0.1, 0.15) is 32.8 Å². The molecule has 7 nitrogen and oxygen atoms in total. The van der Waals surface area contributed by atoms with Crippen molar-refractivity contribution in [2.75, 3.05) is 21.6 Å². The third kappa shape index (κ3) is 6.56. The van der Waals surface area contributed by atoms with Crippen LogP contribution < -0.4 is 9.62 Å². The van der Waals surface area contributed by atoms with Gasteiger partial charge in [-0.05, 0) is 37.0 Å². The summed E-state index contributed by atoms with van der Waals surface area (Å²) in [5.41, 5.74) is 1.09. The molecule has 1 aromatic carbocycles. The number of anilines is 2. The molecule has 1 aromatic heterocycles. The smallest absolute Gasteiger partial charge is 0.250 e. The first-order valence-corrected chi connectivity index (χ1v) is 13.1. The van der Waals surface area contributed by atoms with Crippen LogP contribution in [0.4, 0.5) is 10.8 Å². The molecule has 1 heterocycles. The minimum atomic E-state index is -3.74. The van der Waals surface area contributed by atoms with Gasteiger partial charge in [0.2, 0.25) is 21.1 Å². The quantitative estimate of drug-likeness (QED) is 0.425. The summed E-state index contributed by atoms with van der Waals surface area (Å²) >= 11 is 8.93. The van der Waals surface area contributed by atoms with Gasteiger partial charge in [-0.15, -0.1) is 10.2 Å². The maximum absolute atomic E-state index is 13.0. The van der Waals surface area contributed by atoms with Gasteiger partial charge in [0.1, 0.15) is 6.04 Å². The summed E-state index contributed by atoms with van der Waals surface area (Å²) in [5, 5.41) is 11.5. The third-order valence-corrected chi connectivity index (χ3v) is 7.71. The molecule has 0 spiro atoms. The molecule has 0 aliphatic carbocycles. The van der Waals surface area contributed by atoms with Crippen LogP contribution in [-0.2, 0) is 14.8 Å². The molecule has 0 aliphatic heterocycles. The Bertz CT molecular complexity index is 963. The molecule has 29 heavy (non-hydrogen) atoms. The largest absolute Gasteiger partial charge is 0.299 e. The first-order chi connectivity index (χ1) is 13.5. The Kier molecular flexibility index (Phi) is 8.33. The van der Waals surface area contributed by atoms with Crippen molar-refractivity contribution in [3.63, 3.8) is 0 Å². The highest BCUT2D eigenvalue weighted by Gasteiger charge is 2.33. The van der Waals surface area contributed by atoms with Crippen molar-refractivity contribution < 1.29 is 13.2 Å². The van der Waals surface area contributed by atoms with E-state index in [-0.39, 0.29) is 6.42 Å². The molecule has 1 atom stereocenters. The predicted molar refractivity (Wildman–Crippen MR) is 122 cm³/mol. The Morgan fingerprint density at radius 2 is 2.03 bits per heavy atom. The maximum Gasteiger partial charge on any atom is 0.250 e. The average molecular weight is 477 g/mol. The molecule has 11 heteroatoms. The van der Waals surface area contributed by atoms with Gasteiger partial charge in [-0.3, -0.25) is 14.4 Å². The van der Waals surface area contributed by atoms with Gasteiger partial charge in [-0.2, -0.15) is 0 Å². The highest BCUT2D eigenvalue weighted by molar-refractivity contribution is 8.01. The number of halogens is 1. The van der Waals surface area contributed by atoms with Crippen molar-refractivity contribution >= 4 is 61.4 Å². The van der Waals surface area contributed by atoms with E-state index in [0.29, 0.717) is 27.3 Å². The summed E-state index contributed by atoms with van der Waals surface area (Å²) in [6, 6.07) is 4.01. The fraction of sp³-hybridized carbons (Fsp3) is 0.500. The third-order valence-electron chi connectivity index (χ3n) is 3.92. The Balaban J connectivity index is 2.28. The van der Waals surface area contributed by atoms with Crippen molar-refractivity contribution in [3.05, 3.63) is 28.8 Å². The molecule has 2 aromatic rings. The zero-order valence-electron chi connectivity index (χ0n) is 17.0. The fourth-order valence-corrected chi connectivity index (χ4v) is 5.76. The lowest BCUT2D eigenvalue weighted by Crippen LogP contribution is -2.47. The van der Waals surface area contributed by atoms with Crippen molar-refractivity contribution in [1.82, 2.24) is 10.2 Å². The van der Waals surface area contributed by atoms with Gasteiger partial charge in [0, 0.05) is 10.8 Å². The van der Waals surface area contributed by atoms with Crippen LogP contribution in [0.15, 0.2) is 22.5 Å². The first kappa shape index (κ1) is 23.9. The predicted octanol–water partition coefficient (Wildman–Crippen LogP) is 4.43. The van der Waals surface area contributed by atoms with E-state index in [1.165, 1.54) is 11.3 Å². The summed E-state index contributed by atoms with van der Waals surface area (Å²) in [6.45, 7) is 7.75. The Morgan fingerprint density at radius 1 is 1.34 bits per heavy atom. The number of hydrogen-bond donors (Lipinski definition) is 1. The monoisotopic (exact) mass is 476 g/mol. The van der Waals surface area contributed by atoms with E-state index in [9.17, 15) is 13.2 Å². The number of benzene rings is 1. The van der Waals surface area contributed by atoms with Gasteiger partial charge in [0.15, 0.2) is 4.34 Å². The molecular weight excluding hydrogens is 452 g/mol. The number of carbonyl (C=O) groups is 1. The Morgan fingerprint density at radius 3 is 2.62 bits per heavy atom. The molecule has 0 saturated carbocycles. The van der Waals surface area contributed by atoms with E-state index >= 15 is 0 Å². The summed E-state index contributed by atoms with van der Waals surface area (Å²) in [7, 11) is -3.74. The average Bonchev–Trinajstić information content (AvgIpc) is 3.06. The van der Waals surface area contributed by atoms with E-state index in [1.54, 1.807) is 43.8 Å². The van der Waals surface area contributed by atoms with E-state index in [2.05, 4.69) is 29.4 Å². The van der Waals surface area contributed by atoms with Crippen LogP contribution in [0.25, 0.3) is 0 Å². The summed E-state index contributed by atoms with van der Waals surface area (Å²) in [5.74, 6) is 0.945. The van der Waals surface area contributed by atoms with E-state index in [0.717, 1.165) is 20.7 Å². The van der Waals surface area contributed by atoms with E-state index < -0.39 is 22.0 Å². The minimum absolute atomic E-state index is 0.276. The zero-order chi connectivity index (χ0) is 21.8. The molecule has 0 unspecified atom stereocenters. The van der Waals surface area contributed by atoms with Crippen LogP contribution >= 0.6 is 34.7 Å². The number of nitrogens with zero attached hydrogens (tertiary/aromatic N) is 3. The van der Waals surface area contributed by atoms with Crippen molar-refractivity contribution in [2.24, 2.45) is 5.92 Å². The number of aromatic nitrogens is 2. The Hall–Kier alpha value is -1.36. The molecule has 1 amide bonds. The second kappa shape index (κ2) is 10.1. The number of hydrogen-bond acceptors (Lipinski definition) is 7. The van der Waals surface area contributed by atoms with Gasteiger partial charge in [0.05, 0.1) is 11.9 Å². The highest BCUT2D eigenvalue weighted by Crippen LogP contribution is 2.31. The zero-order valence-corrected chi connectivity index (χ0v) is 20.2. The molecular formula is C18H25ClN4O3S3. The topological polar surface area (TPSA) is 92.3 Å². The van der Waals surface area contributed by atoms with Crippen molar-refractivity contribution in [1.29, 1.82) is 0 Å². The lowest BCUT2D eigenvalue weighted by atomic mass is 10.1. The molecule has 0 aliphatic rings. The van der Waals surface area contributed by atoms with Crippen LogP contribution in [0.5, 0.6) is 0 Å². The van der Waals surface area contributed by atoms with Crippen LogP contribution in [0, 0.1) is 12.8 Å². The van der Waals surface area contributed by atoms with Gasteiger partial charge in [-0.1, -0.05) is 61.5 Å². The summed E-state index contributed by atoms with van der Waals surface area (Å²) in [6.07, 6.45) is 1.35. The lowest BCUT2D eigenvalue weighted by molar-refractivity contribution is -0.117. The second-order valence-electron chi connectivity index (χ2n) is 6.98. The highest BCUT2D eigenvalue weighted by atomic mass is 35.5. The van der Waals surface area contributed by atoms with E-state index in [4.69, 9.17) is 11.6 Å². The number of nitrogens with one attached hydrogen (secondary N) is 1. The minimum Gasteiger partial charge on any atom is -0.299 e. The number of thioether (sulfide) groups is 1. The number of sulfonamides is 1. The molecule has 0 radical (unpaired) electrons. The SMILES string of the molecule is CC[C@@H](C(=O)Nc1nnc(SCC(C)C)s1)N(c1cc(Cl)ccc1C)S(C)(=O)=O. The summed E-state index contributed by atoms with van der Waals surface area (Å²) in [4.78, 5) is 13.0. The normalized spacial score (nSPS) is 12.8. The number of carbonyl (C=O) groups excluding carboxylic acids is 1. The molecule has 160 valence electrons. The van der Waals surface area contributed by atoms with Crippen LogP contribution in [0.2, 0.25) is 5.02 Å². The van der Waals surface area contributed by atoms with Crippen LogP contribution in [-0.4, -0.2) is 42.6 Å². The van der Waals surface area contributed by atoms with Crippen molar-refractivity contribution in [2.45, 2.75) is 44.5 Å². The number of amides is 1. The maximum atomic E-state index is 13.0. The van der Waals surface area contributed by atoms with E-state index in [1.807, 2.05) is 0 Å². The molecule has 2 rings (SSSR count). The number of aryl methyl sites for hydroxylation is 1. The molecule has 0 saturated heterocycles. The van der Waals surface area contributed by atoms with Crippen LogP contribution in [0.3, 0.4) is 0 Å². The second-order valence-corrected chi connectivity index (χ2v) is 11.5. The van der Waals surface area contributed by atoms with Gasteiger partial charge in [0.25, 0.3) is 0 Å².